The average Bonchev–Trinajstić information content (AvgIpc) is 2.56. The molecule has 1 saturated heterocycles. The van der Waals surface area contributed by atoms with E-state index < -0.39 is 36.5 Å². The largest absolute Gasteiger partial charge is 0.394 e. The highest BCUT2D eigenvalue weighted by atomic mass is 32.2. The zero-order valence-electron chi connectivity index (χ0n) is 13.0. The Bertz CT molecular complexity index is 349. The summed E-state index contributed by atoms with van der Waals surface area (Å²) in [7, 11) is 0. The van der Waals surface area contributed by atoms with Crippen molar-refractivity contribution >= 4 is 11.8 Å². The smallest absolute Gasteiger partial charge is 0.132 e. The lowest BCUT2D eigenvalue weighted by molar-refractivity contribution is -0.240. The summed E-state index contributed by atoms with van der Waals surface area (Å²) < 4.78 is 5.55. The highest BCUT2D eigenvalue weighted by molar-refractivity contribution is 8.00. The van der Waals surface area contributed by atoms with Crippen molar-refractivity contribution in [1.82, 2.24) is 5.32 Å². The molecule has 0 aromatic carbocycles. The van der Waals surface area contributed by atoms with Gasteiger partial charge in [0.2, 0.25) is 0 Å². The van der Waals surface area contributed by atoms with Gasteiger partial charge in [0, 0.05) is 17.8 Å². The fourth-order valence-corrected chi connectivity index (χ4v) is 4.69. The van der Waals surface area contributed by atoms with Crippen molar-refractivity contribution < 1.29 is 35.3 Å². The molecule has 1 saturated carbocycles. The first-order valence-corrected chi connectivity index (χ1v) is 8.96. The fourth-order valence-electron chi connectivity index (χ4n) is 3.13. The molecular weight excluding hydrogens is 326 g/mol. The van der Waals surface area contributed by atoms with Crippen LogP contribution in [0.2, 0.25) is 0 Å². The van der Waals surface area contributed by atoms with Crippen molar-refractivity contribution in [2.24, 2.45) is 0 Å². The van der Waals surface area contributed by atoms with E-state index >= 15 is 0 Å². The number of aliphatic hydroxyl groups is 4. The predicted molar refractivity (Wildman–Crippen MR) is 84.0 cm³/mol. The molecule has 6 N–H and O–H groups in total. The van der Waals surface area contributed by atoms with Gasteiger partial charge in [0.25, 0.3) is 0 Å². The fraction of sp³-hybridized carbons (Fsp3) is 1.00. The van der Waals surface area contributed by atoms with Gasteiger partial charge in [0.1, 0.15) is 29.9 Å². The topological polar surface area (TPSA) is 132 Å². The third-order valence-electron chi connectivity index (χ3n) is 4.43. The number of aliphatic hydroxyl groups excluding tert-OH is 4. The monoisotopic (exact) mass is 353 g/mol. The van der Waals surface area contributed by atoms with Gasteiger partial charge in [-0.1, -0.05) is 6.42 Å². The third kappa shape index (κ3) is 5.25. The summed E-state index contributed by atoms with van der Waals surface area (Å²) in [5, 5.41) is 50.8. The Balaban J connectivity index is 1.84. The molecule has 1 aliphatic heterocycles. The highest BCUT2D eigenvalue weighted by Gasteiger charge is 2.44. The standard InChI is InChI=1S/C14H27NO7S/c16-7-10-11(17)12(18)13(19)14(22-10)23-9-3-1-2-8(6-9)15-4-5-21-20/h8-20H,1-7H2/t8?,9?,10?,11-,12?,13?,14-/m0/s1. The molecule has 7 atom stereocenters. The second-order valence-electron chi connectivity index (χ2n) is 6.11. The summed E-state index contributed by atoms with van der Waals surface area (Å²) in [5.74, 6) is 0. The molecular formula is C14H27NO7S. The van der Waals surface area contributed by atoms with E-state index in [0.29, 0.717) is 12.6 Å². The van der Waals surface area contributed by atoms with Gasteiger partial charge >= 0.3 is 0 Å². The Morgan fingerprint density at radius 2 is 1.91 bits per heavy atom. The van der Waals surface area contributed by atoms with Crippen LogP contribution in [0.25, 0.3) is 0 Å². The summed E-state index contributed by atoms with van der Waals surface area (Å²) in [4.78, 5) is 4.05. The molecule has 9 heteroatoms. The molecule has 2 rings (SSSR count). The van der Waals surface area contributed by atoms with Gasteiger partial charge in [-0.25, -0.2) is 4.89 Å². The molecule has 1 aliphatic carbocycles. The van der Waals surface area contributed by atoms with Crippen LogP contribution in [0.5, 0.6) is 0 Å². The van der Waals surface area contributed by atoms with Crippen LogP contribution < -0.4 is 5.32 Å². The van der Waals surface area contributed by atoms with Gasteiger partial charge in [-0.05, 0) is 19.3 Å². The van der Waals surface area contributed by atoms with Crippen LogP contribution in [0.1, 0.15) is 25.7 Å². The number of thioether (sulfide) groups is 1. The second kappa shape index (κ2) is 9.50. The van der Waals surface area contributed by atoms with Crippen molar-refractivity contribution in [3.05, 3.63) is 0 Å². The lowest BCUT2D eigenvalue weighted by Crippen LogP contribution is -2.57. The maximum Gasteiger partial charge on any atom is 0.132 e. The summed E-state index contributed by atoms with van der Waals surface area (Å²) in [6.07, 6.45) is -0.744. The number of rotatable bonds is 7. The van der Waals surface area contributed by atoms with Crippen LogP contribution in [-0.4, -0.2) is 86.6 Å². The number of nitrogens with one attached hydrogen (secondary N) is 1. The van der Waals surface area contributed by atoms with Crippen molar-refractivity contribution in [3.8, 4) is 0 Å². The van der Waals surface area contributed by atoms with E-state index in [2.05, 4.69) is 10.2 Å². The predicted octanol–water partition coefficient (Wildman–Crippen LogP) is -1.09. The van der Waals surface area contributed by atoms with Crippen molar-refractivity contribution in [2.45, 2.75) is 66.8 Å². The molecule has 0 aromatic heterocycles. The van der Waals surface area contributed by atoms with Gasteiger partial charge < -0.3 is 30.5 Å². The Hall–Kier alpha value is 0.0300. The Kier molecular flexibility index (Phi) is 7.99. The molecule has 23 heavy (non-hydrogen) atoms. The normalized spacial score (nSPS) is 41.9. The molecule has 0 radical (unpaired) electrons. The van der Waals surface area contributed by atoms with Crippen molar-refractivity contribution in [3.63, 3.8) is 0 Å². The average molecular weight is 353 g/mol. The van der Waals surface area contributed by atoms with Gasteiger partial charge in [0.05, 0.1) is 13.2 Å². The lowest BCUT2D eigenvalue weighted by Gasteiger charge is -2.41. The molecule has 0 spiro atoms. The van der Waals surface area contributed by atoms with Crippen LogP contribution in [-0.2, 0) is 9.62 Å². The Morgan fingerprint density at radius 1 is 1.13 bits per heavy atom. The molecule has 1 heterocycles. The van der Waals surface area contributed by atoms with E-state index in [0.717, 1.165) is 25.7 Å². The van der Waals surface area contributed by atoms with E-state index in [4.69, 9.17) is 9.99 Å². The Morgan fingerprint density at radius 3 is 2.61 bits per heavy atom. The summed E-state index contributed by atoms with van der Waals surface area (Å²) >= 11 is 1.44. The van der Waals surface area contributed by atoms with Crippen molar-refractivity contribution in [1.29, 1.82) is 0 Å². The first kappa shape index (κ1) is 19.4. The minimum Gasteiger partial charge on any atom is -0.394 e. The minimum atomic E-state index is -1.32. The molecule has 0 bridgehead atoms. The molecule has 0 amide bonds. The van der Waals surface area contributed by atoms with Gasteiger partial charge in [0.15, 0.2) is 0 Å². The molecule has 8 nitrogen and oxygen atoms in total. The Labute approximate surface area is 139 Å². The first-order valence-electron chi connectivity index (χ1n) is 8.02. The second-order valence-corrected chi connectivity index (χ2v) is 7.51. The van der Waals surface area contributed by atoms with Crippen LogP contribution in [0.3, 0.4) is 0 Å². The van der Waals surface area contributed by atoms with E-state index in [1.165, 1.54) is 11.8 Å². The van der Waals surface area contributed by atoms with E-state index in [1.54, 1.807) is 0 Å². The maximum absolute atomic E-state index is 10.1. The molecule has 136 valence electrons. The quantitative estimate of drug-likeness (QED) is 0.192. The van der Waals surface area contributed by atoms with E-state index in [-0.39, 0.29) is 11.9 Å². The number of hydrogen-bond donors (Lipinski definition) is 6. The van der Waals surface area contributed by atoms with E-state index in [9.17, 15) is 20.4 Å². The lowest BCUT2D eigenvalue weighted by atomic mass is 9.95. The van der Waals surface area contributed by atoms with Crippen molar-refractivity contribution in [2.75, 3.05) is 19.8 Å². The van der Waals surface area contributed by atoms with Crippen LogP contribution in [0.4, 0.5) is 0 Å². The summed E-state index contributed by atoms with van der Waals surface area (Å²) in [6, 6.07) is 0.307. The van der Waals surface area contributed by atoms with Crippen LogP contribution in [0.15, 0.2) is 0 Å². The molecule has 0 aromatic rings. The van der Waals surface area contributed by atoms with Gasteiger partial charge in [-0.15, -0.1) is 11.8 Å². The van der Waals surface area contributed by atoms with Gasteiger partial charge in [-0.3, -0.25) is 5.26 Å². The number of hydrogen-bond acceptors (Lipinski definition) is 9. The zero-order valence-corrected chi connectivity index (χ0v) is 13.8. The molecule has 2 aliphatic rings. The third-order valence-corrected chi connectivity index (χ3v) is 5.90. The zero-order chi connectivity index (χ0) is 16.8. The van der Waals surface area contributed by atoms with Gasteiger partial charge in [-0.2, -0.15) is 0 Å². The summed E-state index contributed by atoms with van der Waals surface area (Å²) in [5.41, 5.74) is -0.671. The minimum absolute atomic E-state index is 0.237. The number of ether oxygens (including phenoxy) is 1. The molecule has 2 fully saturated rings. The molecule has 5 unspecified atom stereocenters. The maximum atomic E-state index is 10.1. The van der Waals surface area contributed by atoms with Crippen LogP contribution >= 0.6 is 11.8 Å². The van der Waals surface area contributed by atoms with E-state index in [1.807, 2.05) is 0 Å². The SMILES string of the molecule is OCC1O[C@@H](SC2CCCC(NCCOO)C2)C(O)C(O)[C@H]1O. The highest BCUT2D eigenvalue weighted by Crippen LogP contribution is 2.36. The summed E-state index contributed by atoms with van der Waals surface area (Å²) in [6.45, 7) is 0.400. The first-order chi connectivity index (χ1) is 11.1. The van der Waals surface area contributed by atoms with Crippen LogP contribution in [0, 0.1) is 0 Å².